The molecule has 6 nitrogen and oxygen atoms in total. The lowest BCUT2D eigenvalue weighted by molar-refractivity contribution is -0.152. The molecular formula is C19H18Cl2N2O4. The average Bonchev–Trinajstić information content (AvgIpc) is 2.61. The van der Waals surface area contributed by atoms with E-state index in [1.807, 2.05) is 19.1 Å². The molecule has 0 saturated heterocycles. The SMILES string of the molecule is Cc1ccc(NC(=O)C(C)OC(=O)CNC(=O)c2ccc(Cl)cc2Cl)cc1. The fraction of sp³-hybridized carbons (Fsp3) is 0.211. The molecule has 0 fully saturated rings. The Bertz CT molecular complexity index is 853. The van der Waals surface area contributed by atoms with Crippen LogP contribution in [0.1, 0.15) is 22.8 Å². The molecule has 0 spiro atoms. The summed E-state index contributed by atoms with van der Waals surface area (Å²) in [6, 6.07) is 11.6. The molecule has 0 bridgehead atoms. The first kappa shape index (κ1) is 20.7. The van der Waals surface area contributed by atoms with Crippen molar-refractivity contribution in [3.8, 4) is 0 Å². The van der Waals surface area contributed by atoms with Crippen LogP contribution in [0.25, 0.3) is 0 Å². The van der Waals surface area contributed by atoms with Crippen molar-refractivity contribution >= 4 is 46.7 Å². The number of carbonyl (C=O) groups is 3. The zero-order valence-corrected chi connectivity index (χ0v) is 16.2. The average molecular weight is 409 g/mol. The zero-order valence-electron chi connectivity index (χ0n) is 14.7. The fourth-order valence-corrected chi connectivity index (χ4v) is 2.59. The van der Waals surface area contributed by atoms with Crippen LogP contribution >= 0.6 is 23.2 Å². The maximum atomic E-state index is 12.1. The Kier molecular flexibility index (Phi) is 7.21. The van der Waals surface area contributed by atoms with E-state index in [9.17, 15) is 14.4 Å². The number of aryl methyl sites for hydroxylation is 1. The topological polar surface area (TPSA) is 84.5 Å². The number of hydrogen-bond donors (Lipinski definition) is 2. The lowest BCUT2D eigenvalue weighted by Gasteiger charge is -2.14. The number of rotatable bonds is 6. The lowest BCUT2D eigenvalue weighted by Crippen LogP contribution is -2.35. The van der Waals surface area contributed by atoms with Crippen molar-refractivity contribution in [2.45, 2.75) is 20.0 Å². The molecule has 1 atom stereocenters. The summed E-state index contributed by atoms with van der Waals surface area (Å²) in [4.78, 5) is 36.0. The van der Waals surface area contributed by atoms with E-state index in [4.69, 9.17) is 27.9 Å². The molecule has 0 heterocycles. The van der Waals surface area contributed by atoms with Crippen LogP contribution in [0.4, 0.5) is 5.69 Å². The molecule has 0 aliphatic heterocycles. The summed E-state index contributed by atoms with van der Waals surface area (Å²) in [6.07, 6.45) is -1.02. The van der Waals surface area contributed by atoms with Gasteiger partial charge in [-0.2, -0.15) is 0 Å². The molecule has 0 aromatic heterocycles. The van der Waals surface area contributed by atoms with Crippen molar-refractivity contribution in [1.29, 1.82) is 0 Å². The Morgan fingerprint density at radius 3 is 2.37 bits per heavy atom. The van der Waals surface area contributed by atoms with Crippen molar-refractivity contribution in [1.82, 2.24) is 5.32 Å². The first-order valence-electron chi connectivity index (χ1n) is 8.06. The molecular weight excluding hydrogens is 391 g/mol. The molecule has 2 rings (SSSR count). The second-order valence-corrected chi connectivity index (χ2v) is 6.64. The Morgan fingerprint density at radius 2 is 1.74 bits per heavy atom. The molecule has 0 aliphatic carbocycles. The summed E-state index contributed by atoms with van der Waals surface area (Å²) in [5, 5.41) is 5.59. The first-order valence-corrected chi connectivity index (χ1v) is 8.82. The summed E-state index contributed by atoms with van der Waals surface area (Å²) in [5.41, 5.74) is 1.84. The van der Waals surface area contributed by atoms with Gasteiger partial charge in [-0.1, -0.05) is 40.9 Å². The molecule has 2 aromatic rings. The summed E-state index contributed by atoms with van der Waals surface area (Å²) in [5.74, 6) is -1.77. The van der Waals surface area contributed by atoms with E-state index in [-0.39, 0.29) is 10.6 Å². The van der Waals surface area contributed by atoms with Gasteiger partial charge in [0.1, 0.15) is 6.54 Å². The van der Waals surface area contributed by atoms with Gasteiger partial charge < -0.3 is 15.4 Å². The third-order valence-corrected chi connectivity index (χ3v) is 4.11. The van der Waals surface area contributed by atoms with Gasteiger partial charge in [-0.15, -0.1) is 0 Å². The molecule has 0 saturated carbocycles. The zero-order chi connectivity index (χ0) is 20.0. The van der Waals surface area contributed by atoms with E-state index < -0.39 is 30.4 Å². The summed E-state index contributed by atoms with van der Waals surface area (Å²) in [6.45, 7) is 2.97. The molecule has 8 heteroatoms. The smallest absolute Gasteiger partial charge is 0.326 e. The van der Waals surface area contributed by atoms with E-state index in [2.05, 4.69) is 10.6 Å². The van der Waals surface area contributed by atoms with Crippen molar-refractivity contribution < 1.29 is 19.1 Å². The maximum absolute atomic E-state index is 12.1. The predicted octanol–water partition coefficient (Wildman–Crippen LogP) is 3.60. The minimum atomic E-state index is -1.02. The molecule has 27 heavy (non-hydrogen) atoms. The van der Waals surface area contributed by atoms with Gasteiger partial charge in [-0.05, 0) is 44.2 Å². The monoisotopic (exact) mass is 408 g/mol. The van der Waals surface area contributed by atoms with Gasteiger partial charge in [0, 0.05) is 10.7 Å². The van der Waals surface area contributed by atoms with Crippen LogP contribution in [0.2, 0.25) is 10.0 Å². The number of carbonyl (C=O) groups excluding carboxylic acids is 3. The molecule has 142 valence electrons. The largest absolute Gasteiger partial charge is 0.451 e. The highest BCUT2D eigenvalue weighted by Crippen LogP contribution is 2.20. The molecule has 1 unspecified atom stereocenters. The first-order chi connectivity index (χ1) is 12.8. The highest BCUT2D eigenvalue weighted by Gasteiger charge is 2.19. The van der Waals surface area contributed by atoms with Crippen molar-refractivity contribution in [2.24, 2.45) is 0 Å². The highest BCUT2D eigenvalue weighted by atomic mass is 35.5. The number of halogens is 2. The van der Waals surface area contributed by atoms with Crippen LogP contribution in [-0.4, -0.2) is 30.4 Å². The lowest BCUT2D eigenvalue weighted by atomic mass is 10.2. The number of hydrogen-bond acceptors (Lipinski definition) is 4. The van der Waals surface area contributed by atoms with Crippen LogP contribution in [0.3, 0.4) is 0 Å². The molecule has 2 amide bonds. The molecule has 0 radical (unpaired) electrons. The Balaban J connectivity index is 1.82. The standard InChI is InChI=1S/C19H18Cl2N2O4/c1-11-3-6-14(7-4-11)23-18(25)12(2)27-17(24)10-22-19(26)15-8-5-13(20)9-16(15)21/h3-9,12H,10H2,1-2H3,(H,22,26)(H,23,25). The molecule has 2 N–H and O–H groups in total. The van der Waals surface area contributed by atoms with Crippen LogP contribution in [0.15, 0.2) is 42.5 Å². The van der Waals surface area contributed by atoms with E-state index in [1.54, 1.807) is 12.1 Å². The van der Waals surface area contributed by atoms with Gasteiger partial charge in [0.25, 0.3) is 11.8 Å². The van der Waals surface area contributed by atoms with Gasteiger partial charge in [0.05, 0.1) is 10.6 Å². The van der Waals surface area contributed by atoms with Gasteiger partial charge in [0.15, 0.2) is 6.10 Å². The number of ether oxygens (including phenoxy) is 1. The van der Waals surface area contributed by atoms with Crippen molar-refractivity contribution in [3.63, 3.8) is 0 Å². The van der Waals surface area contributed by atoms with Gasteiger partial charge >= 0.3 is 5.97 Å². The Morgan fingerprint density at radius 1 is 1.07 bits per heavy atom. The number of amides is 2. The Hall–Kier alpha value is -2.57. The highest BCUT2D eigenvalue weighted by molar-refractivity contribution is 6.36. The van der Waals surface area contributed by atoms with Crippen LogP contribution in [-0.2, 0) is 14.3 Å². The quantitative estimate of drug-likeness (QED) is 0.714. The summed E-state index contributed by atoms with van der Waals surface area (Å²) >= 11 is 11.7. The van der Waals surface area contributed by atoms with Crippen LogP contribution in [0, 0.1) is 6.92 Å². The van der Waals surface area contributed by atoms with E-state index in [0.29, 0.717) is 10.7 Å². The van der Waals surface area contributed by atoms with Crippen molar-refractivity contribution in [2.75, 3.05) is 11.9 Å². The van der Waals surface area contributed by atoms with Crippen LogP contribution in [0.5, 0.6) is 0 Å². The van der Waals surface area contributed by atoms with Gasteiger partial charge in [-0.25, -0.2) is 0 Å². The van der Waals surface area contributed by atoms with Crippen LogP contribution < -0.4 is 10.6 Å². The third-order valence-electron chi connectivity index (χ3n) is 3.57. The number of nitrogens with one attached hydrogen (secondary N) is 2. The van der Waals surface area contributed by atoms with E-state index >= 15 is 0 Å². The van der Waals surface area contributed by atoms with E-state index in [0.717, 1.165) is 5.56 Å². The van der Waals surface area contributed by atoms with Crippen molar-refractivity contribution in [3.05, 3.63) is 63.6 Å². The second-order valence-electron chi connectivity index (χ2n) is 5.79. The number of esters is 1. The molecule has 0 aliphatic rings. The minimum absolute atomic E-state index is 0.166. The van der Waals surface area contributed by atoms with Gasteiger partial charge in [-0.3, -0.25) is 14.4 Å². The van der Waals surface area contributed by atoms with Gasteiger partial charge in [0.2, 0.25) is 0 Å². The summed E-state index contributed by atoms with van der Waals surface area (Å²) in [7, 11) is 0. The third kappa shape index (κ3) is 6.27. The Labute approximate surface area is 166 Å². The predicted molar refractivity (Wildman–Crippen MR) is 104 cm³/mol. The number of anilines is 1. The second kappa shape index (κ2) is 9.39. The fourth-order valence-electron chi connectivity index (χ4n) is 2.09. The maximum Gasteiger partial charge on any atom is 0.326 e. The summed E-state index contributed by atoms with van der Waals surface area (Å²) < 4.78 is 5.02. The minimum Gasteiger partial charge on any atom is -0.451 e. The molecule has 2 aromatic carbocycles. The van der Waals surface area contributed by atoms with E-state index in [1.165, 1.54) is 25.1 Å². The normalized spacial score (nSPS) is 11.4. The number of benzene rings is 2.